The third-order valence-electron chi connectivity index (χ3n) is 4.51. The van der Waals surface area contributed by atoms with Crippen LogP contribution < -0.4 is 5.73 Å². The summed E-state index contributed by atoms with van der Waals surface area (Å²) in [6.45, 7) is 0.816. The van der Waals surface area contributed by atoms with Gasteiger partial charge in [-0.25, -0.2) is 9.79 Å². The van der Waals surface area contributed by atoms with Crippen LogP contribution in [-0.2, 0) is 17.8 Å². The maximum absolute atomic E-state index is 11.2. The Morgan fingerprint density at radius 3 is 2.61 bits per heavy atom. The highest BCUT2D eigenvalue weighted by molar-refractivity contribution is 6.28. The summed E-state index contributed by atoms with van der Waals surface area (Å²) in [6.07, 6.45) is 3.81. The highest BCUT2D eigenvalue weighted by Gasteiger charge is 2.12. The van der Waals surface area contributed by atoms with E-state index in [4.69, 9.17) is 18.7 Å². The molecule has 2 aromatic carbocycles. The molecule has 0 atom stereocenters. The highest BCUT2D eigenvalue weighted by Crippen LogP contribution is 2.27. The lowest BCUT2D eigenvalue weighted by Gasteiger charge is -2.07. The number of hydrogen-bond donors (Lipinski definition) is 3. The van der Waals surface area contributed by atoms with Gasteiger partial charge in [-0.2, -0.15) is 0 Å². The quantitative estimate of drug-likeness (QED) is 0.256. The van der Waals surface area contributed by atoms with Gasteiger partial charge in [0.15, 0.2) is 0 Å². The van der Waals surface area contributed by atoms with E-state index in [0.29, 0.717) is 5.69 Å². The molecule has 0 aliphatic carbocycles. The van der Waals surface area contributed by atoms with E-state index in [2.05, 4.69) is 9.56 Å². The minimum atomic E-state index is -1.22. The van der Waals surface area contributed by atoms with Gasteiger partial charge in [0.2, 0.25) is 0 Å². The Kier molecular flexibility index (Phi) is 5.84. The molecule has 7 heteroatoms. The standard InChI is InChI=1S/C21H20BN3O3/c22-13-17(21(27)28)20(23)24-18-4-1-5-19-16(18)10-12-25(19)11-2-3-14-6-8-15(26)9-7-14/h1,4-10,12-13,26H,2-3,11H2,(H2,23,24)(H,27,28)/b17-13+. The van der Waals surface area contributed by atoms with Gasteiger partial charge in [-0.1, -0.05) is 18.2 Å². The summed E-state index contributed by atoms with van der Waals surface area (Å²) in [5.41, 5.74) is 8.33. The molecule has 0 saturated carbocycles. The van der Waals surface area contributed by atoms with Crippen molar-refractivity contribution in [1.82, 2.24) is 4.57 Å². The Hall–Kier alpha value is -3.48. The lowest BCUT2D eigenvalue weighted by Crippen LogP contribution is -2.20. The molecule has 1 heterocycles. The van der Waals surface area contributed by atoms with Gasteiger partial charge < -0.3 is 20.5 Å². The summed E-state index contributed by atoms with van der Waals surface area (Å²) >= 11 is 0. The van der Waals surface area contributed by atoms with Gasteiger partial charge in [0.05, 0.1) is 16.8 Å². The van der Waals surface area contributed by atoms with Crippen molar-refractivity contribution < 1.29 is 15.0 Å². The molecule has 0 spiro atoms. The number of aliphatic carboxylic acids is 1. The molecule has 0 fully saturated rings. The monoisotopic (exact) mass is 373 g/mol. The first kappa shape index (κ1) is 19.3. The molecule has 0 saturated heterocycles. The maximum atomic E-state index is 11.2. The first-order valence-corrected chi connectivity index (χ1v) is 8.85. The van der Waals surface area contributed by atoms with Crippen LogP contribution in [0.1, 0.15) is 12.0 Å². The lowest BCUT2D eigenvalue weighted by molar-refractivity contribution is -0.132. The smallest absolute Gasteiger partial charge is 0.338 e. The Bertz CT molecular complexity index is 1050. The van der Waals surface area contributed by atoms with E-state index < -0.39 is 5.97 Å². The van der Waals surface area contributed by atoms with Crippen LogP contribution >= 0.6 is 0 Å². The summed E-state index contributed by atoms with van der Waals surface area (Å²) in [5.74, 6) is -0.149. The van der Waals surface area contributed by atoms with Gasteiger partial charge in [0.25, 0.3) is 0 Å². The number of nitrogens with zero attached hydrogens (tertiary/aromatic N) is 2. The summed E-state index contributed by atoms with van der Waals surface area (Å²) in [6, 6.07) is 14.8. The predicted octanol–water partition coefficient (Wildman–Crippen LogP) is 3.11. The van der Waals surface area contributed by atoms with E-state index in [1.807, 2.05) is 36.5 Å². The fourth-order valence-corrected chi connectivity index (χ4v) is 3.07. The first-order chi connectivity index (χ1) is 13.5. The molecule has 3 rings (SSSR count). The zero-order valence-electron chi connectivity index (χ0n) is 15.2. The molecule has 0 aliphatic rings. The number of aromatic nitrogens is 1. The molecule has 0 bridgehead atoms. The molecule has 3 aromatic rings. The Morgan fingerprint density at radius 2 is 1.93 bits per heavy atom. The molecule has 0 amide bonds. The third kappa shape index (κ3) is 4.25. The average molecular weight is 373 g/mol. The Morgan fingerprint density at radius 1 is 1.18 bits per heavy atom. The van der Waals surface area contributed by atoms with E-state index in [1.54, 1.807) is 18.2 Å². The number of aliphatic imine (C=N–C) groups is 1. The minimum absolute atomic E-state index is 0.136. The number of nitrogens with two attached hydrogens (primary N) is 1. The zero-order valence-corrected chi connectivity index (χ0v) is 15.2. The number of carbonyl (C=O) groups is 1. The van der Waals surface area contributed by atoms with Gasteiger partial charge in [-0.15, -0.1) is 5.98 Å². The minimum Gasteiger partial charge on any atom is -0.508 e. The van der Waals surface area contributed by atoms with E-state index in [9.17, 15) is 9.90 Å². The zero-order chi connectivity index (χ0) is 20.1. The van der Waals surface area contributed by atoms with Crippen LogP contribution in [0.2, 0.25) is 0 Å². The van der Waals surface area contributed by atoms with Crippen LogP contribution in [-0.4, -0.2) is 34.4 Å². The van der Waals surface area contributed by atoms with Gasteiger partial charge in [0.1, 0.15) is 19.4 Å². The number of carboxylic acid groups (broad SMARTS) is 1. The van der Waals surface area contributed by atoms with Crippen molar-refractivity contribution in [1.29, 1.82) is 0 Å². The number of hydrogen-bond acceptors (Lipinski definition) is 3. The van der Waals surface area contributed by atoms with Crippen molar-refractivity contribution in [2.45, 2.75) is 19.4 Å². The lowest BCUT2D eigenvalue weighted by atomic mass is 10.0. The van der Waals surface area contributed by atoms with Gasteiger partial charge >= 0.3 is 5.97 Å². The van der Waals surface area contributed by atoms with Crippen molar-refractivity contribution in [3.63, 3.8) is 0 Å². The fraction of sp³-hybridized carbons (Fsp3) is 0.143. The van der Waals surface area contributed by atoms with Crippen LogP contribution in [0.3, 0.4) is 0 Å². The number of phenolic OH excluding ortho intramolecular Hbond substituents is 1. The summed E-state index contributed by atoms with van der Waals surface area (Å²) in [4.78, 5) is 15.4. The summed E-state index contributed by atoms with van der Waals surface area (Å²) in [5, 5.41) is 19.4. The third-order valence-corrected chi connectivity index (χ3v) is 4.51. The second kappa shape index (κ2) is 8.48. The van der Waals surface area contributed by atoms with E-state index in [0.717, 1.165) is 36.3 Å². The molecule has 0 unspecified atom stereocenters. The van der Waals surface area contributed by atoms with E-state index in [1.165, 1.54) is 5.56 Å². The second-order valence-electron chi connectivity index (χ2n) is 6.37. The van der Waals surface area contributed by atoms with Gasteiger partial charge in [0, 0.05) is 18.1 Å². The number of rotatable bonds is 7. The molecule has 140 valence electrons. The topological polar surface area (TPSA) is 101 Å². The average Bonchev–Trinajstić information content (AvgIpc) is 3.08. The number of amidine groups is 1. The fourth-order valence-electron chi connectivity index (χ4n) is 3.07. The SMILES string of the molecule is [B]/C=C(/C(=O)O)C(N)=Nc1cccc2c1ccn2CCCc1ccc(O)cc1. The van der Waals surface area contributed by atoms with Crippen LogP contribution in [0.4, 0.5) is 5.69 Å². The van der Waals surface area contributed by atoms with Crippen molar-refractivity contribution in [2.75, 3.05) is 0 Å². The summed E-state index contributed by atoms with van der Waals surface area (Å²) < 4.78 is 2.13. The van der Waals surface area contributed by atoms with Gasteiger partial charge in [-0.3, -0.25) is 0 Å². The van der Waals surface area contributed by atoms with E-state index in [-0.39, 0.29) is 17.2 Å². The molecule has 1 aromatic heterocycles. The van der Waals surface area contributed by atoms with Gasteiger partial charge in [-0.05, 0) is 48.7 Å². The molecular formula is C21H20BN3O3. The number of fused-ring (bicyclic) bond motifs is 1. The second-order valence-corrected chi connectivity index (χ2v) is 6.37. The molecule has 0 aliphatic heterocycles. The number of benzene rings is 2. The van der Waals surface area contributed by atoms with Crippen molar-refractivity contribution in [2.24, 2.45) is 10.7 Å². The maximum Gasteiger partial charge on any atom is 0.338 e. The molecule has 2 radical (unpaired) electrons. The molecule has 28 heavy (non-hydrogen) atoms. The van der Waals surface area contributed by atoms with Crippen LogP contribution in [0, 0.1) is 0 Å². The van der Waals surface area contributed by atoms with Crippen LogP contribution in [0.5, 0.6) is 5.75 Å². The summed E-state index contributed by atoms with van der Waals surface area (Å²) in [7, 11) is 5.33. The van der Waals surface area contributed by atoms with Crippen LogP contribution in [0.25, 0.3) is 10.9 Å². The number of phenols is 1. The van der Waals surface area contributed by atoms with Crippen molar-refractivity contribution >= 4 is 36.2 Å². The number of aromatic hydroxyl groups is 1. The Balaban J connectivity index is 1.79. The number of carboxylic acids is 1. The highest BCUT2D eigenvalue weighted by atomic mass is 16.4. The normalized spacial score (nSPS) is 12.4. The predicted molar refractivity (Wildman–Crippen MR) is 111 cm³/mol. The molecular weight excluding hydrogens is 353 g/mol. The Labute approximate surface area is 164 Å². The first-order valence-electron chi connectivity index (χ1n) is 8.85. The molecule has 4 N–H and O–H groups in total. The number of aryl methyl sites for hydroxylation is 2. The van der Waals surface area contributed by atoms with Crippen molar-refractivity contribution in [3.8, 4) is 5.75 Å². The molecule has 6 nitrogen and oxygen atoms in total. The van der Waals surface area contributed by atoms with Crippen LogP contribution in [0.15, 0.2) is 71.3 Å². The van der Waals surface area contributed by atoms with Crippen molar-refractivity contribution in [3.05, 3.63) is 71.8 Å². The van der Waals surface area contributed by atoms with E-state index >= 15 is 0 Å². The largest absolute Gasteiger partial charge is 0.508 e.